The number of ether oxygens (including phenoxy) is 1. The summed E-state index contributed by atoms with van der Waals surface area (Å²) < 4.78 is 4.92. The number of carboxylic acids is 1. The molecule has 1 heterocycles. The third-order valence-corrected chi connectivity index (χ3v) is 2.28. The first-order valence-corrected chi connectivity index (χ1v) is 4.87. The van der Waals surface area contributed by atoms with Gasteiger partial charge in [0, 0.05) is 0 Å². The van der Waals surface area contributed by atoms with E-state index in [4.69, 9.17) is 9.84 Å². The Labute approximate surface area is 92.0 Å². The number of carboxylic acid groups (broad SMARTS) is 1. The van der Waals surface area contributed by atoms with Crippen molar-refractivity contribution in [3.05, 3.63) is 29.8 Å². The highest BCUT2D eigenvalue weighted by atomic mass is 16.5. The number of aliphatic imine (C=N–C) groups is 1. The zero-order valence-corrected chi connectivity index (χ0v) is 8.46. The molecular weight excluding hydrogens is 210 g/mol. The molecule has 5 nitrogen and oxygen atoms in total. The molecule has 2 rings (SSSR count). The zero-order valence-electron chi connectivity index (χ0n) is 8.46. The van der Waals surface area contributed by atoms with Crippen LogP contribution in [0, 0.1) is 0 Å². The fourth-order valence-electron chi connectivity index (χ4n) is 1.59. The zero-order chi connectivity index (χ0) is 11.5. The maximum atomic E-state index is 10.6. The Bertz CT molecular complexity index is 441. The molecule has 1 aliphatic rings. The van der Waals surface area contributed by atoms with E-state index in [2.05, 4.69) is 4.99 Å². The summed E-state index contributed by atoms with van der Waals surface area (Å²) in [5.74, 6) is -1.18. The molecule has 1 aliphatic heterocycles. The molecule has 1 aromatic rings. The van der Waals surface area contributed by atoms with Gasteiger partial charge < -0.3 is 14.9 Å². The first-order chi connectivity index (χ1) is 7.65. The molecule has 2 N–H and O–H groups in total. The van der Waals surface area contributed by atoms with E-state index in [1.807, 2.05) is 6.07 Å². The molecular formula is C11H11NO4. The molecule has 1 unspecified atom stereocenters. The molecule has 1 atom stereocenters. The fraction of sp³-hybridized carbons (Fsp3) is 0.273. The summed E-state index contributed by atoms with van der Waals surface area (Å²) >= 11 is 0. The van der Waals surface area contributed by atoms with E-state index in [0.29, 0.717) is 6.42 Å². The van der Waals surface area contributed by atoms with E-state index in [1.54, 1.807) is 18.2 Å². The normalized spacial score (nSPS) is 19.0. The number of nitrogens with zero attached hydrogens (tertiary/aromatic N) is 1. The lowest BCUT2D eigenvalue weighted by molar-refractivity contribution is -0.130. The Balaban J connectivity index is 2.04. The van der Waals surface area contributed by atoms with Crippen molar-refractivity contribution in [2.75, 3.05) is 6.61 Å². The van der Waals surface area contributed by atoms with Crippen LogP contribution in [0.3, 0.4) is 0 Å². The molecule has 0 aromatic heterocycles. The summed E-state index contributed by atoms with van der Waals surface area (Å²) in [4.78, 5) is 14.5. The SMILES string of the molecule is O=C(O)C1=NC(Cc2cccc(O)c2)CO1. The lowest BCUT2D eigenvalue weighted by atomic mass is 10.1. The minimum atomic E-state index is -1.14. The van der Waals surface area contributed by atoms with Crippen molar-refractivity contribution in [1.29, 1.82) is 0 Å². The maximum absolute atomic E-state index is 10.6. The highest BCUT2D eigenvalue weighted by molar-refractivity contribution is 6.32. The Kier molecular flexibility index (Phi) is 2.76. The molecule has 0 saturated carbocycles. The summed E-state index contributed by atoms with van der Waals surface area (Å²) in [6.07, 6.45) is 0.561. The lowest BCUT2D eigenvalue weighted by Gasteiger charge is -2.04. The van der Waals surface area contributed by atoms with Crippen LogP contribution >= 0.6 is 0 Å². The number of phenolic OH excluding ortho intramolecular Hbond substituents is 1. The molecule has 0 bridgehead atoms. The van der Waals surface area contributed by atoms with Crippen molar-refractivity contribution in [3.8, 4) is 5.75 Å². The number of aromatic hydroxyl groups is 1. The van der Waals surface area contributed by atoms with E-state index in [-0.39, 0.29) is 24.3 Å². The lowest BCUT2D eigenvalue weighted by Crippen LogP contribution is -2.12. The standard InChI is InChI=1S/C11H11NO4/c13-9-3-1-2-7(5-9)4-8-6-16-10(12-8)11(14)15/h1-3,5,8,13H,4,6H2,(H,14,15). The predicted molar refractivity (Wildman–Crippen MR) is 56.6 cm³/mol. The van der Waals surface area contributed by atoms with Gasteiger partial charge in [-0.1, -0.05) is 12.1 Å². The molecule has 0 radical (unpaired) electrons. The van der Waals surface area contributed by atoms with Gasteiger partial charge in [-0.25, -0.2) is 9.79 Å². The van der Waals surface area contributed by atoms with Crippen molar-refractivity contribution >= 4 is 11.9 Å². The van der Waals surface area contributed by atoms with E-state index >= 15 is 0 Å². The second-order valence-corrected chi connectivity index (χ2v) is 3.58. The van der Waals surface area contributed by atoms with Crippen LogP contribution in [0.4, 0.5) is 0 Å². The number of phenols is 1. The highest BCUT2D eigenvalue weighted by Crippen LogP contribution is 2.16. The summed E-state index contributed by atoms with van der Waals surface area (Å²) in [7, 11) is 0. The summed E-state index contributed by atoms with van der Waals surface area (Å²) in [6, 6.07) is 6.62. The average Bonchev–Trinajstić information content (AvgIpc) is 2.66. The van der Waals surface area contributed by atoms with Crippen molar-refractivity contribution in [1.82, 2.24) is 0 Å². The first-order valence-electron chi connectivity index (χ1n) is 4.87. The summed E-state index contributed by atoms with van der Waals surface area (Å²) in [5.41, 5.74) is 0.906. The van der Waals surface area contributed by atoms with Gasteiger partial charge in [-0.15, -0.1) is 0 Å². The third-order valence-electron chi connectivity index (χ3n) is 2.28. The number of hydrogen-bond acceptors (Lipinski definition) is 4. The minimum Gasteiger partial charge on any atom is -0.508 e. The van der Waals surface area contributed by atoms with Gasteiger partial charge in [0.15, 0.2) is 0 Å². The summed E-state index contributed by atoms with van der Waals surface area (Å²) in [6.45, 7) is 0.275. The van der Waals surface area contributed by atoms with Crippen LogP contribution in [-0.4, -0.2) is 34.7 Å². The minimum absolute atomic E-state index is 0.187. The number of rotatable bonds is 3. The molecule has 0 fully saturated rings. The van der Waals surface area contributed by atoms with E-state index < -0.39 is 5.97 Å². The van der Waals surface area contributed by atoms with Gasteiger partial charge in [0.1, 0.15) is 12.4 Å². The number of aliphatic carboxylic acids is 1. The van der Waals surface area contributed by atoms with Gasteiger partial charge in [-0.05, 0) is 24.1 Å². The Hall–Kier alpha value is -2.04. The maximum Gasteiger partial charge on any atom is 0.391 e. The third kappa shape index (κ3) is 2.31. The number of carbonyl (C=O) groups is 1. The van der Waals surface area contributed by atoms with Gasteiger partial charge in [0.25, 0.3) is 5.90 Å². The van der Waals surface area contributed by atoms with E-state index in [9.17, 15) is 9.90 Å². The Morgan fingerprint density at radius 1 is 1.56 bits per heavy atom. The second-order valence-electron chi connectivity index (χ2n) is 3.58. The highest BCUT2D eigenvalue weighted by Gasteiger charge is 2.23. The number of benzene rings is 1. The fourth-order valence-corrected chi connectivity index (χ4v) is 1.59. The molecule has 5 heteroatoms. The van der Waals surface area contributed by atoms with Gasteiger partial charge >= 0.3 is 5.97 Å². The molecule has 0 saturated heterocycles. The van der Waals surface area contributed by atoms with Gasteiger partial charge in [-0.3, -0.25) is 0 Å². The van der Waals surface area contributed by atoms with E-state index in [0.717, 1.165) is 5.56 Å². The molecule has 0 aliphatic carbocycles. The van der Waals surface area contributed by atoms with Crippen LogP contribution in [0.15, 0.2) is 29.3 Å². The number of hydrogen-bond donors (Lipinski definition) is 2. The van der Waals surface area contributed by atoms with E-state index in [1.165, 1.54) is 0 Å². The molecule has 1 aromatic carbocycles. The molecule has 16 heavy (non-hydrogen) atoms. The van der Waals surface area contributed by atoms with Crippen molar-refractivity contribution in [2.24, 2.45) is 4.99 Å². The van der Waals surface area contributed by atoms with Crippen LogP contribution in [-0.2, 0) is 16.0 Å². The van der Waals surface area contributed by atoms with Crippen LogP contribution in [0.5, 0.6) is 5.75 Å². The van der Waals surface area contributed by atoms with Crippen molar-refractivity contribution in [2.45, 2.75) is 12.5 Å². The quantitative estimate of drug-likeness (QED) is 0.791. The predicted octanol–water partition coefficient (Wildman–Crippen LogP) is 0.817. The van der Waals surface area contributed by atoms with Crippen LogP contribution < -0.4 is 0 Å². The van der Waals surface area contributed by atoms with Gasteiger partial charge in [0.2, 0.25) is 0 Å². The topological polar surface area (TPSA) is 79.1 Å². The van der Waals surface area contributed by atoms with Crippen molar-refractivity contribution < 1.29 is 19.7 Å². The smallest absolute Gasteiger partial charge is 0.391 e. The Morgan fingerprint density at radius 2 is 2.38 bits per heavy atom. The molecule has 84 valence electrons. The van der Waals surface area contributed by atoms with Crippen molar-refractivity contribution in [3.63, 3.8) is 0 Å². The second kappa shape index (κ2) is 4.22. The van der Waals surface area contributed by atoms with Crippen LogP contribution in [0.25, 0.3) is 0 Å². The molecule has 0 amide bonds. The first kappa shape index (κ1) is 10.5. The monoisotopic (exact) mass is 221 g/mol. The largest absolute Gasteiger partial charge is 0.508 e. The van der Waals surface area contributed by atoms with Crippen LogP contribution in [0.1, 0.15) is 5.56 Å². The summed E-state index contributed by atoms with van der Waals surface area (Å²) in [5, 5.41) is 17.9. The molecule has 0 spiro atoms. The van der Waals surface area contributed by atoms with Gasteiger partial charge in [-0.2, -0.15) is 0 Å². The average molecular weight is 221 g/mol. The van der Waals surface area contributed by atoms with Crippen LogP contribution in [0.2, 0.25) is 0 Å². The Morgan fingerprint density at radius 3 is 3.00 bits per heavy atom. The van der Waals surface area contributed by atoms with Gasteiger partial charge in [0.05, 0.1) is 6.04 Å².